The van der Waals surface area contributed by atoms with Crippen LogP contribution in [0.5, 0.6) is 0 Å². The van der Waals surface area contributed by atoms with E-state index in [0.717, 1.165) is 40.2 Å². The van der Waals surface area contributed by atoms with Crippen LogP contribution in [0.2, 0.25) is 0 Å². The van der Waals surface area contributed by atoms with Crippen LogP contribution in [-0.2, 0) is 18.4 Å². The number of anilines is 1. The molecule has 7 nitrogen and oxygen atoms in total. The molecule has 3 aromatic rings. The normalized spacial score (nSPS) is 11.0. The molecule has 1 amide bonds. The van der Waals surface area contributed by atoms with Gasteiger partial charge in [0.25, 0.3) is 0 Å². The molecule has 1 N–H and O–H groups in total. The van der Waals surface area contributed by atoms with Gasteiger partial charge in [-0.25, -0.2) is 0 Å². The van der Waals surface area contributed by atoms with E-state index in [-0.39, 0.29) is 11.7 Å². The maximum absolute atomic E-state index is 12.4. The van der Waals surface area contributed by atoms with Gasteiger partial charge >= 0.3 is 0 Å². The molecule has 2 heterocycles. The Morgan fingerprint density at radius 1 is 1.22 bits per heavy atom. The Hall–Kier alpha value is -2.61. The molecule has 0 unspecified atom stereocenters. The van der Waals surface area contributed by atoms with Gasteiger partial charge in [-0.2, -0.15) is 5.10 Å². The number of nitrogens with one attached hydrogen (secondary N) is 1. The third-order valence-electron chi connectivity index (χ3n) is 4.42. The van der Waals surface area contributed by atoms with Crippen molar-refractivity contribution in [1.82, 2.24) is 24.5 Å². The van der Waals surface area contributed by atoms with Gasteiger partial charge < -0.3 is 9.88 Å². The fourth-order valence-corrected chi connectivity index (χ4v) is 3.74. The summed E-state index contributed by atoms with van der Waals surface area (Å²) in [5, 5.41) is 16.6. The fraction of sp³-hybridized carbons (Fsp3) is 0.368. The number of hydrogen-bond acceptors (Lipinski definition) is 5. The van der Waals surface area contributed by atoms with Crippen LogP contribution in [0.1, 0.15) is 23.9 Å². The summed E-state index contributed by atoms with van der Waals surface area (Å²) in [6.07, 6.45) is 0. The van der Waals surface area contributed by atoms with Gasteiger partial charge in [0.05, 0.1) is 22.8 Å². The topological polar surface area (TPSA) is 77.6 Å². The highest BCUT2D eigenvalue weighted by atomic mass is 32.2. The van der Waals surface area contributed by atoms with Crippen LogP contribution in [0, 0.1) is 20.8 Å². The van der Waals surface area contributed by atoms with Crippen LogP contribution in [0.25, 0.3) is 11.4 Å². The zero-order valence-corrected chi connectivity index (χ0v) is 17.1. The average Bonchev–Trinajstić information content (AvgIpc) is 3.15. The molecular weight excluding hydrogens is 360 g/mol. The zero-order valence-electron chi connectivity index (χ0n) is 16.3. The first-order valence-corrected chi connectivity index (χ1v) is 9.82. The van der Waals surface area contributed by atoms with Crippen LogP contribution in [0.3, 0.4) is 0 Å². The van der Waals surface area contributed by atoms with Crippen molar-refractivity contribution in [3.05, 3.63) is 41.2 Å². The van der Waals surface area contributed by atoms with Crippen LogP contribution in [0.4, 0.5) is 5.69 Å². The molecular formula is C19H24N6OS. The lowest BCUT2D eigenvalue weighted by Crippen LogP contribution is -2.15. The third-order valence-corrected chi connectivity index (χ3v) is 5.38. The number of aryl methyl sites for hydroxylation is 3. The average molecular weight is 385 g/mol. The van der Waals surface area contributed by atoms with Gasteiger partial charge in [-0.1, -0.05) is 35.5 Å². The number of thioether (sulfide) groups is 1. The van der Waals surface area contributed by atoms with E-state index in [0.29, 0.717) is 0 Å². The van der Waals surface area contributed by atoms with Crippen LogP contribution in [-0.4, -0.2) is 36.2 Å². The lowest BCUT2D eigenvalue weighted by Gasteiger charge is -2.08. The van der Waals surface area contributed by atoms with Gasteiger partial charge in [-0.3, -0.25) is 9.48 Å². The summed E-state index contributed by atoms with van der Waals surface area (Å²) >= 11 is 1.39. The zero-order chi connectivity index (χ0) is 19.6. The second-order valence-electron chi connectivity index (χ2n) is 6.43. The molecule has 3 rings (SSSR count). The highest BCUT2D eigenvalue weighted by molar-refractivity contribution is 7.99. The first kappa shape index (κ1) is 19.2. The highest BCUT2D eigenvalue weighted by Crippen LogP contribution is 2.25. The summed E-state index contributed by atoms with van der Waals surface area (Å²) in [4.78, 5) is 12.4. The van der Waals surface area contributed by atoms with Crippen LogP contribution < -0.4 is 5.32 Å². The van der Waals surface area contributed by atoms with E-state index in [2.05, 4.69) is 46.6 Å². The van der Waals surface area contributed by atoms with Gasteiger partial charge in [0, 0.05) is 19.2 Å². The summed E-state index contributed by atoms with van der Waals surface area (Å²) in [5.41, 5.74) is 4.73. The smallest absolute Gasteiger partial charge is 0.234 e. The first-order valence-electron chi connectivity index (χ1n) is 8.83. The Kier molecular flexibility index (Phi) is 5.65. The Labute approximate surface area is 163 Å². The van der Waals surface area contributed by atoms with Crippen molar-refractivity contribution in [3.8, 4) is 11.4 Å². The molecule has 0 atom stereocenters. The van der Waals surface area contributed by atoms with E-state index < -0.39 is 0 Å². The SMILES string of the molecule is CCn1c(SCC(=O)Nc2c(C)nn(C)c2C)nnc1-c1cccc(C)c1. The van der Waals surface area contributed by atoms with E-state index in [4.69, 9.17) is 0 Å². The minimum absolute atomic E-state index is 0.0815. The molecule has 0 bridgehead atoms. The van der Waals surface area contributed by atoms with E-state index in [1.54, 1.807) is 4.68 Å². The van der Waals surface area contributed by atoms with E-state index in [1.807, 2.05) is 37.6 Å². The molecule has 0 aliphatic rings. The van der Waals surface area contributed by atoms with Crippen molar-refractivity contribution in [1.29, 1.82) is 0 Å². The molecule has 0 aliphatic heterocycles. The molecule has 0 spiro atoms. The first-order chi connectivity index (χ1) is 12.9. The second-order valence-corrected chi connectivity index (χ2v) is 7.37. The number of hydrogen-bond donors (Lipinski definition) is 1. The summed E-state index contributed by atoms with van der Waals surface area (Å²) in [6.45, 7) is 8.66. The molecule has 8 heteroatoms. The van der Waals surface area contributed by atoms with E-state index in [9.17, 15) is 4.79 Å². The van der Waals surface area contributed by atoms with Crippen molar-refractivity contribution in [2.75, 3.05) is 11.1 Å². The summed E-state index contributed by atoms with van der Waals surface area (Å²) in [5.74, 6) is 1.00. The Balaban J connectivity index is 1.72. The van der Waals surface area contributed by atoms with Crippen LogP contribution >= 0.6 is 11.8 Å². The molecule has 2 aromatic heterocycles. The lowest BCUT2D eigenvalue weighted by molar-refractivity contribution is -0.113. The van der Waals surface area contributed by atoms with Crippen molar-refractivity contribution in [2.45, 2.75) is 39.4 Å². The number of carbonyl (C=O) groups excluding carboxylic acids is 1. The van der Waals surface area contributed by atoms with Gasteiger partial charge in [0.1, 0.15) is 0 Å². The van der Waals surface area contributed by atoms with Crippen LogP contribution in [0.15, 0.2) is 29.4 Å². The fourth-order valence-electron chi connectivity index (χ4n) is 2.94. The van der Waals surface area contributed by atoms with Gasteiger partial charge in [-0.05, 0) is 33.8 Å². The lowest BCUT2D eigenvalue weighted by atomic mass is 10.1. The maximum Gasteiger partial charge on any atom is 0.234 e. The monoisotopic (exact) mass is 384 g/mol. The van der Waals surface area contributed by atoms with Gasteiger partial charge in [-0.15, -0.1) is 10.2 Å². The third kappa shape index (κ3) is 4.05. The predicted octanol–water partition coefficient (Wildman–Crippen LogP) is 3.35. The molecule has 1 aromatic carbocycles. The van der Waals surface area contributed by atoms with E-state index in [1.165, 1.54) is 17.3 Å². The molecule has 0 saturated heterocycles. The number of aromatic nitrogens is 5. The van der Waals surface area contributed by atoms with Crippen molar-refractivity contribution in [3.63, 3.8) is 0 Å². The molecule has 27 heavy (non-hydrogen) atoms. The van der Waals surface area contributed by atoms with Crippen molar-refractivity contribution >= 4 is 23.4 Å². The number of carbonyl (C=O) groups is 1. The number of benzene rings is 1. The standard InChI is InChI=1S/C19H24N6OS/c1-6-25-18(15-9-7-8-12(2)10-15)21-22-19(25)27-11-16(26)20-17-13(3)23-24(5)14(17)4/h7-10H,6,11H2,1-5H3,(H,20,26). The second kappa shape index (κ2) is 7.96. The van der Waals surface area contributed by atoms with Crippen molar-refractivity contribution < 1.29 is 4.79 Å². The summed E-state index contributed by atoms with van der Waals surface area (Å²) < 4.78 is 3.80. The summed E-state index contributed by atoms with van der Waals surface area (Å²) in [7, 11) is 1.86. The molecule has 142 valence electrons. The van der Waals surface area contributed by atoms with Gasteiger partial charge in [0.15, 0.2) is 11.0 Å². The molecule has 0 fully saturated rings. The number of nitrogens with zero attached hydrogens (tertiary/aromatic N) is 5. The highest BCUT2D eigenvalue weighted by Gasteiger charge is 2.16. The Bertz CT molecular complexity index is 975. The number of rotatable bonds is 6. The quantitative estimate of drug-likeness (QED) is 0.660. The van der Waals surface area contributed by atoms with Gasteiger partial charge in [0.2, 0.25) is 5.91 Å². The maximum atomic E-state index is 12.4. The van der Waals surface area contributed by atoms with Crippen molar-refractivity contribution in [2.24, 2.45) is 7.05 Å². The molecule has 0 aliphatic carbocycles. The minimum atomic E-state index is -0.0815. The largest absolute Gasteiger partial charge is 0.322 e. The Morgan fingerprint density at radius 2 is 2.00 bits per heavy atom. The summed E-state index contributed by atoms with van der Waals surface area (Å²) in [6, 6.07) is 8.18. The predicted molar refractivity (Wildman–Crippen MR) is 108 cm³/mol. The van der Waals surface area contributed by atoms with E-state index >= 15 is 0 Å². The number of amides is 1. The molecule has 0 saturated carbocycles. The Morgan fingerprint density at radius 3 is 2.63 bits per heavy atom. The molecule has 0 radical (unpaired) electrons. The minimum Gasteiger partial charge on any atom is -0.322 e.